The Bertz CT molecular complexity index is 774. The van der Waals surface area contributed by atoms with Crippen LogP contribution in [0.2, 0.25) is 0 Å². The van der Waals surface area contributed by atoms with Crippen LogP contribution >= 0.6 is 11.3 Å². The van der Waals surface area contributed by atoms with Crippen LogP contribution in [0.4, 0.5) is 5.13 Å². The Kier molecular flexibility index (Phi) is 7.40. The number of esters is 1. The van der Waals surface area contributed by atoms with Crippen LogP contribution < -0.4 is 14.9 Å². The number of hydrazone groups is 1. The molecule has 2 rings (SSSR count). The van der Waals surface area contributed by atoms with Gasteiger partial charge in [-0.15, -0.1) is 0 Å². The Morgan fingerprint density at radius 3 is 2.62 bits per heavy atom. The first-order valence-corrected chi connectivity index (χ1v) is 9.23. The monoisotopic (exact) mass is 377 g/mol. The molecule has 0 fully saturated rings. The molecule has 0 radical (unpaired) electrons. The van der Waals surface area contributed by atoms with Gasteiger partial charge in [-0.2, -0.15) is 5.10 Å². The molecule has 1 aromatic carbocycles. The van der Waals surface area contributed by atoms with Gasteiger partial charge >= 0.3 is 5.97 Å². The van der Waals surface area contributed by atoms with E-state index in [1.807, 2.05) is 32.0 Å². The van der Waals surface area contributed by atoms with Crippen molar-refractivity contribution in [3.05, 3.63) is 34.3 Å². The molecule has 1 N–H and O–H groups in total. The minimum Gasteiger partial charge on any atom is -0.490 e. The fourth-order valence-corrected chi connectivity index (χ4v) is 2.95. The van der Waals surface area contributed by atoms with Crippen LogP contribution in [0.25, 0.3) is 0 Å². The standard InChI is InChI=1S/C18H23N3O4S/c1-5-23-14-9-8-13(10-15(14)24-6-2)11-19-21-18-20-12(4)16(26-18)17(22)25-7-3/h8-11H,5-7H2,1-4H3,(H,20,21)/b19-11-. The summed E-state index contributed by atoms with van der Waals surface area (Å²) in [6.45, 7) is 8.83. The zero-order valence-corrected chi connectivity index (χ0v) is 16.2. The third kappa shape index (κ3) is 5.19. The number of hydrogen-bond acceptors (Lipinski definition) is 8. The van der Waals surface area contributed by atoms with Gasteiger partial charge in [-0.1, -0.05) is 11.3 Å². The molecule has 0 saturated heterocycles. The molecule has 0 aliphatic heterocycles. The molecular weight excluding hydrogens is 354 g/mol. The van der Waals surface area contributed by atoms with Crippen molar-refractivity contribution in [2.24, 2.45) is 5.10 Å². The molecule has 8 heteroatoms. The van der Waals surface area contributed by atoms with Gasteiger partial charge in [0.2, 0.25) is 5.13 Å². The molecule has 1 heterocycles. The number of nitrogens with one attached hydrogen (secondary N) is 1. The average Bonchev–Trinajstić information content (AvgIpc) is 2.98. The Labute approximate surface area is 157 Å². The fraction of sp³-hybridized carbons (Fsp3) is 0.389. The van der Waals surface area contributed by atoms with Crippen LogP contribution in [0, 0.1) is 6.92 Å². The Morgan fingerprint density at radius 2 is 1.92 bits per heavy atom. The van der Waals surface area contributed by atoms with Gasteiger partial charge < -0.3 is 14.2 Å². The lowest BCUT2D eigenvalue weighted by Crippen LogP contribution is -2.03. The summed E-state index contributed by atoms with van der Waals surface area (Å²) in [4.78, 5) is 16.6. The molecule has 140 valence electrons. The van der Waals surface area contributed by atoms with Gasteiger partial charge in [0.05, 0.1) is 31.7 Å². The van der Waals surface area contributed by atoms with Gasteiger partial charge in [-0.05, 0) is 51.5 Å². The molecule has 0 aliphatic rings. The maximum absolute atomic E-state index is 11.8. The number of aromatic nitrogens is 1. The van der Waals surface area contributed by atoms with Crippen molar-refractivity contribution in [2.45, 2.75) is 27.7 Å². The Morgan fingerprint density at radius 1 is 1.19 bits per heavy atom. The molecule has 1 aromatic heterocycles. The van der Waals surface area contributed by atoms with E-state index >= 15 is 0 Å². The van der Waals surface area contributed by atoms with E-state index in [9.17, 15) is 4.79 Å². The molecule has 0 saturated carbocycles. The third-order valence-corrected chi connectivity index (χ3v) is 4.24. The van der Waals surface area contributed by atoms with Gasteiger partial charge in [-0.25, -0.2) is 9.78 Å². The molecule has 0 spiro atoms. The minimum absolute atomic E-state index is 0.330. The van der Waals surface area contributed by atoms with E-state index < -0.39 is 0 Å². The summed E-state index contributed by atoms with van der Waals surface area (Å²) in [6.07, 6.45) is 1.65. The van der Waals surface area contributed by atoms with Crippen LogP contribution in [0.5, 0.6) is 11.5 Å². The second kappa shape index (κ2) is 9.76. The van der Waals surface area contributed by atoms with E-state index in [-0.39, 0.29) is 5.97 Å². The summed E-state index contributed by atoms with van der Waals surface area (Å²) in [6, 6.07) is 5.59. The SMILES string of the molecule is CCOC(=O)c1sc(N/N=C\c2ccc(OCC)c(OCC)c2)nc1C. The maximum Gasteiger partial charge on any atom is 0.350 e. The van der Waals surface area contributed by atoms with Gasteiger partial charge in [0.25, 0.3) is 0 Å². The second-order valence-corrected chi connectivity index (χ2v) is 6.10. The number of aryl methyl sites for hydroxylation is 1. The van der Waals surface area contributed by atoms with Crippen molar-refractivity contribution in [2.75, 3.05) is 25.2 Å². The number of benzene rings is 1. The van der Waals surface area contributed by atoms with Gasteiger partial charge in [0.1, 0.15) is 4.88 Å². The number of thiazole rings is 1. The predicted octanol–water partition coefficient (Wildman–Crippen LogP) is 3.87. The van der Waals surface area contributed by atoms with Gasteiger partial charge in [0, 0.05) is 0 Å². The molecule has 0 atom stereocenters. The van der Waals surface area contributed by atoms with Crippen LogP contribution in [-0.4, -0.2) is 37.0 Å². The fourth-order valence-electron chi connectivity index (χ4n) is 2.14. The van der Waals surface area contributed by atoms with E-state index in [1.165, 1.54) is 11.3 Å². The van der Waals surface area contributed by atoms with Crippen molar-refractivity contribution < 1.29 is 19.0 Å². The molecule has 7 nitrogen and oxygen atoms in total. The number of nitrogens with zero attached hydrogens (tertiary/aromatic N) is 2. The van der Waals surface area contributed by atoms with Crippen LogP contribution in [0.1, 0.15) is 41.7 Å². The van der Waals surface area contributed by atoms with Crippen LogP contribution in [0.3, 0.4) is 0 Å². The highest BCUT2D eigenvalue weighted by atomic mass is 32.1. The lowest BCUT2D eigenvalue weighted by molar-refractivity contribution is 0.0531. The first-order valence-electron chi connectivity index (χ1n) is 8.42. The molecule has 0 unspecified atom stereocenters. The van der Waals surface area contributed by atoms with Crippen molar-refractivity contribution in [3.63, 3.8) is 0 Å². The lowest BCUT2D eigenvalue weighted by atomic mass is 10.2. The Balaban J connectivity index is 2.07. The first kappa shape index (κ1) is 19.7. The van der Waals surface area contributed by atoms with E-state index in [2.05, 4.69) is 15.5 Å². The van der Waals surface area contributed by atoms with Crippen LogP contribution in [0.15, 0.2) is 23.3 Å². The highest BCUT2D eigenvalue weighted by molar-refractivity contribution is 7.17. The average molecular weight is 377 g/mol. The summed E-state index contributed by atoms with van der Waals surface area (Å²) in [5.74, 6) is 1.01. The third-order valence-electron chi connectivity index (χ3n) is 3.20. The predicted molar refractivity (Wildman–Crippen MR) is 103 cm³/mol. The van der Waals surface area contributed by atoms with Gasteiger partial charge in [-0.3, -0.25) is 5.43 Å². The lowest BCUT2D eigenvalue weighted by Gasteiger charge is -2.11. The number of ether oxygens (including phenoxy) is 3. The van der Waals surface area contributed by atoms with E-state index in [0.29, 0.717) is 47.0 Å². The van der Waals surface area contributed by atoms with E-state index in [1.54, 1.807) is 20.1 Å². The molecule has 0 amide bonds. The number of carbonyl (C=O) groups excluding carboxylic acids is 1. The van der Waals surface area contributed by atoms with Crippen molar-refractivity contribution in [3.8, 4) is 11.5 Å². The van der Waals surface area contributed by atoms with E-state index in [0.717, 1.165) is 5.56 Å². The quantitative estimate of drug-likeness (QED) is 0.406. The van der Waals surface area contributed by atoms with E-state index in [4.69, 9.17) is 14.2 Å². The molecule has 0 bridgehead atoms. The highest BCUT2D eigenvalue weighted by Gasteiger charge is 2.15. The maximum atomic E-state index is 11.8. The molecule has 26 heavy (non-hydrogen) atoms. The summed E-state index contributed by atoms with van der Waals surface area (Å²) < 4.78 is 16.1. The molecule has 2 aromatic rings. The number of rotatable bonds is 9. The van der Waals surface area contributed by atoms with Crippen molar-refractivity contribution in [1.29, 1.82) is 0 Å². The summed E-state index contributed by atoms with van der Waals surface area (Å²) in [7, 11) is 0. The summed E-state index contributed by atoms with van der Waals surface area (Å²) in [5, 5.41) is 4.70. The largest absolute Gasteiger partial charge is 0.490 e. The zero-order valence-electron chi connectivity index (χ0n) is 15.4. The summed E-state index contributed by atoms with van der Waals surface area (Å²) >= 11 is 1.21. The first-order chi connectivity index (χ1) is 12.6. The number of anilines is 1. The number of carbonyl (C=O) groups is 1. The Hall–Kier alpha value is -2.61. The van der Waals surface area contributed by atoms with Crippen LogP contribution in [-0.2, 0) is 4.74 Å². The topological polar surface area (TPSA) is 82.0 Å². The highest BCUT2D eigenvalue weighted by Crippen LogP contribution is 2.28. The second-order valence-electron chi connectivity index (χ2n) is 5.10. The minimum atomic E-state index is -0.368. The normalized spacial score (nSPS) is 10.8. The van der Waals surface area contributed by atoms with Crippen molar-refractivity contribution in [1.82, 2.24) is 4.98 Å². The van der Waals surface area contributed by atoms with Crippen molar-refractivity contribution >= 4 is 28.7 Å². The zero-order chi connectivity index (χ0) is 18.9. The summed E-state index contributed by atoms with van der Waals surface area (Å²) in [5.41, 5.74) is 4.31. The number of hydrogen-bond donors (Lipinski definition) is 1. The molecule has 0 aliphatic carbocycles. The molecular formula is C18H23N3O4S. The smallest absolute Gasteiger partial charge is 0.350 e. The van der Waals surface area contributed by atoms with Gasteiger partial charge in [0.15, 0.2) is 11.5 Å².